The molecule has 1 aromatic rings. The lowest BCUT2D eigenvalue weighted by Crippen LogP contribution is -2.44. The van der Waals surface area contributed by atoms with Crippen molar-refractivity contribution >= 4 is 33.4 Å². The van der Waals surface area contributed by atoms with Gasteiger partial charge in [0.1, 0.15) is 0 Å². The van der Waals surface area contributed by atoms with Crippen LogP contribution in [0.25, 0.3) is 0 Å². The highest BCUT2D eigenvalue weighted by molar-refractivity contribution is 7.99. The second-order valence-electron chi connectivity index (χ2n) is 8.62. The first-order chi connectivity index (χ1) is 14.5. The number of carbonyl (C=O) groups is 1. The van der Waals surface area contributed by atoms with Crippen molar-refractivity contribution in [3.8, 4) is 0 Å². The molecular formula is C22H33N3O3S2. The van der Waals surface area contributed by atoms with Crippen LogP contribution in [0.1, 0.15) is 57.8 Å². The molecule has 4 rings (SSSR count). The average molecular weight is 452 g/mol. The van der Waals surface area contributed by atoms with E-state index in [9.17, 15) is 13.2 Å². The minimum Gasteiger partial charge on any atom is -0.360 e. The van der Waals surface area contributed by atoms with Gasteiger partial charge in [-0.2, -0.15) is 4.31 Å². The Morgan fingerprint density at radius 1 is 1.00 bits per heavy atom. The van der Waals surface area contributed by atoms with Crippen LogP contribution in [0.3, 0.4) is 0 Å². The fourth-order valence-electron chi connectivity index (χ4n) is 4.70. The number of thioether (sulfide) groups is 1. The van der Waals surface area contributed by atoms with Crippen LogP contribution in [0.4, 0.5) is 5.69 Å². The van der Waals surface area contributed by atoms with Gasteiger partial charge in [0, 0.05) is 36.3 Å². The number of hydrogen-bond donors (Lipinski definition) is 1. The molecule has 0 spiro atoms. The third kappa shape index (κ3) is 5.14. The first kappa shape index (κ1) is 22.0. The third-order valence-corrected chi connectivity index (χ3v) is 9.33. The van der Waals surface area contributed by atoms with E-state index in [1.54, 1.807) is 28.2 Å². The summed E-state index contributed by atoms with van der Waals surface area (Å²) in [7, 11) is -3.46. The first-order valence-corrected chi connectivity index (χ1v) is 13.8. The van der Waals surface area contributed by atoms with Crippen molar-refractivity contribution in [2.24, 2.45) is 0 Å². The van der Waals surface area contributed by atoms with Gasteiger partial charge in [-0.25, -0.2) is 8.42 Å². The number of fused-ring (bicyclic) bond motifs is 1. The summed E-state index contributed by atoms with van der Waals surface area (Å²) in [6.45, 7) is 2.24. The van der Waals surface area contributed by atoms with Gasteiger partial charge in [0.05, 0.1) is 17.1 Å². The largest absolute Gasteiger partial charge is 0.360 e. The Morgan fingerprint density at radius 2 is 1.70 bits per heavy atom. The number of amides is 1. The molecule has 0 unspecified atom stereocenters. The van der Waals surface area contributed by atoms with E-state index < -0.39 is 10.0 Å². The molecule has 0 atom stereocenters. The van der Waals surface area contributed by atoms with Crippen molar-refractivity contribution in [2.75, 3.05) is 36.8 Å². The van der Waals surface area contributed by atoms with Gasteiger partial charge < -0.3 is 10.2 Å². The lowest BCUT2D eigenvalue weighted by Gasteiger charge is -2.31. The zero-order valence-corrected chi connectivity index (χ0v) is 19.3. The molecule has 1 saturated heterocycles. The highest BCUT2D eigenvalue weighted by Gasteiger charge is 2.29. The smallest absolute Gasteiger partial charge is 0.243 e. The van der Waals surface area contributed by atoms with Crippen LogP contribution in [0, 0.1) is 0 Å². The highest BCUT2D eigenvalue weighted by Crippen LogP contribution is 2.37. The summed E-state index contributed by atoms with van der Waals surface area (Å²) in [4.78, 5) is 16.2. The highest BCUT2D eigenvalue weighted by atomic mass is 32.2. The Labute approximate surface area is 184 Å². The summed E-state index contributed by atoms with van der Waals surface area (Å²) in [5, 5.41) is 3.24. The van der Waals surface area contributed by atoms with Gasteiger partial charge in [0.15, 0.2) is 0 Å². The lowest BCUT2D eigenvalue weighted by molar-refractivity contribution is -0.120. The van der Waals surface area contributed by atoms with E-state index in [0.29, 0.717) is 18.0 Å². The standard InChI is InChI=1S/C22H33N3O3S2/c26-22(23-18-8-4-2-1-3-5-9-18)17-24-14-15-29-21-11-10-19(16-20(21)24)30(27,28)25-12-6-7-13-25/h10-11,16,18H,1-9,12-15,17H2,(H,23,26). The molecule has 2 heterocycles. The molecule has 30 heavy (non-hydrogen) atoms. The Kier molecular flexibility index (Phi) is 7.26. The fraction of sp³-hybridized carbons (Fsp3) is 0.682. The lowest BCUT2D eigenvalue weighted by atomic mass is 9.97. The topological polar surface area (TPSA) is 69.7 Å². The van der Waals surface area contributed by atoms with Crippen LogP contribution in [-0.4, -0.2) is 56.6 Å². The summed E-state index contributed by atoms with van der Waals surface area (Å²) in [5.74, 6) is 0.952. The van der Waals surface area contributed by atoms with Crippen molar-refractivity contribution in [1.29, 1.82) is 0 Å². The van der Waals surface area contributed by atoms with Crippen molar-refractivity contribution in [3.05, 3.63) is 18.2 Å². The molecule has 1 aliphatic carbocycles. The molecular weight excluding hydrogens is 418 g/mol. The minimum atomic E-state index is -3.46. The molecule has 2 aliphatic heterocycles. The maximum atomic E-state index is 13.0. The Bertz CT molecular complexity index is 845. The summed E-state index contributed by atoms with van der Waals surface area (Å²) in [6.07, 6.45) is 10.2. The van der Waals surface area contributed by atoms with E-state index in [1.807, 2.05) is 11.0 Å². The van der Waals surface area contributed by atoms with E-state index in [-0.39, 0.29) is 18.5 Å². The number of nitrogens with zero attached hydrogens (tertiary/aromatic N) is 2. The zero-order valence-electron chi connectivity index (χ0n) is 17.6. The van der Waals surface area contributed by atoms with Crippen LogP contribution in [0.5, 0.6) is 0 Å². The molecule has 3 aliphatic rings. The minimum absolute atomic E-state index is 0.0474. The number of hydrogen-bond acceptors (Lipinski definition) is 5. The Morgan fingerprint density at radius 3 is 2.43 bits per heavy atom. The molecule has 6 nitrogen and oxygen atoms in total. The molecule has 0 bridgehead atoms. The van der Waals surface area contributed by atoms with Gasteiger partial charge >= 0.3 is 0 Å². The van der Waals surface area contributed by atoms with Gasteiger partial charge in [-0.05, 0) is 43.9 Å². The van der Waals surface area contributed by atoms with Gasteiger partial charge in [-0.1, -0.05) is 32.1 Å². The van der Waals surface area contributed by atoms with Gasteiger partial charge in [-0.3, -0.25) is 4.79 Å². The molecule has 166 valence electrons. The number of anilines is 1. The number of rotatable bonds is 5. The van der Waals surface area contributed by atoms with Crippen molar-refractivity contribution < 1.29 is 13.2 Å². The van der Waals surface area contributed by atoms with E-state index in [0.717, 1.165) is 48.6 Å². The average Bonchev–Trinajstić information content (AvgIpc) is 3.26. The SMILES string of the molecule is O=C(CN1CCSc2ccc(S(=O)(=O)N3CCCC3)cc21)NC1CCCCCCC1. The van der Waals surface area contributed by atoms with Crippen LogP contribution in [-0.2, 0) is 14.8 Å². The predicted octanol–water partition coefficient (Wildman–Crippen LogP) is 3.61. The van der Waals surface area contributed by atoms with Crippen LogP contribution in [0.2, 0.25) is 0 Å². The van der Waals surface area contributed by atoms with Gasteiger partial charge in [-0.15, -0.1) is 11.8 Å². The molecule has 0 aromatic heterocycles. The second kappa shape index (κ2) is 9.92. The first-order valence-electron chi connectivity index (χ1n) is 11.4. The van der Waals surface area contributed by atoms with Gasteiger partial charge in [0.2, 0.25) is 15.9 Å². The van der Waals surface area contributed by atoms with E-state index in [4.69, 9.17) is 0 Å². The summed E-state index contributed by atoms with van der Waals surface area (Å²) >= 11 is 1.73. The Balaban J connectivity index is 1.46. The Hall–Kier alpha value is -1.25. The number of nitrogens with one attached hydrogen (secondary N) is 1. The second-order valence-corrected chi connectivity index (χ2v) is 11.7. The predicted molar refractivity (Wildman–Crippen MR) is 122 cm³/mol. The number of benzene rings is 1. The van der Waals surface area contributed by atoms with E-state index in [2.05, 4.69) is 5.32 Å². The monoisotopic (exact) mass is 451 g/mol. The van der Waals surface area contributed by atoms with Crippen molar-refractivity contribution in [2.45, 2.75) is 73.6 Å². The quantitative estimate of drug-likeness (QED) is 0.741. The zero-order chi connectivity index (χ0) is 21.0. The fourth-order valence-corrected chi connectivity index (χ4v) is 7.27. The molecule has 1 saturated carbocycles. The van der Waals surface area contributed by atoms with Crippen molar-refractivity contribution in [1.82, 2.24) is 9.62 Å². The maximum Gasteiger partial charge on any atom is 0.243 e. The normalized spacial score (nSPS) is 21.7. The van der Waals surface area contributed by atoms with Crippen LogP contribution in [0.15, 0.2) is 28.0 Å². The van der Waals surface area contributed by atoms with Crippen molar-refractivity contribution in [3.63, 3.8) is 0 Å². The molecule has 1 N–H and O–H groups in total. The summed E-state index contributed by atoms with van der Waals surface area (Å²) in [5.41, 5.74) is 0.874. The maximum absolute atomic E-state index is 13.0. The summed E-state index contributed by atoms with van der Waals surface area (Å²) < 4.78 is 27.6. The number of sulfonamides is 1. The molecule has 8 heteroatoms. The third-order valence-electron chi connectivity index (χ3n) is 6.40. The van der Waals surface area contributed by atoms with Crippen LogP contribution < -0.4 is 10.2 Å². The van der Waals surface area contributed by atoms with Crippen LogP contribution >= 0.6 is 11.8 Å². The molecule has 1 amide bonds. The van der Waals surface area contributed by atoms with Gasteiger partial charge in [0.25, 0.3) is 0 Å². The number of carbonyl (C=O) groups excluding carboxylic acids is 1. The van der Waals surface area contributed by atoms with E-state index in [1.165, 1.54) is 32.1 Å². The molecule has 2 fully saturated rings. The molecule has 0 radical (unpaired) electrons. The summed E-state index contributed by atoms with van der Waals surface area (Å²) in [6, 6.07) is 5.68. The van der Waals surface area contributed by atoms with E-state index >= 15 is 0 Å². The molecule has 1 aromatic carbocycles.